The number of ketones is 1. The molecule has 2 aliphatic heterocycles. The third-order valence-corrected chi connectivity index (χ3v) is 6.28. The van der Waals surface area contributed by atoms with Gasteiger partial charge in [0.15, 0.2) is 5.78 Å². The second kappa shape index (κ2) is 7.90. The van der Waals surface area contributed by atoms with E-state index in [2.05, 4.69) is 0 Å². The summed E-state index contributed by atoms with van der Waals surface area (Å²) in [5.41, 5.74) is 0.183. The van der Waals surface area contributed by atoms with Crippen molar-refractivity contribution in [3.63, 3.8) is 0 Å². The largest absolute Gasteiger partial charge is 1.00 e. The molecular weight excluding hydrogens is 385 g/mol. The zero-order valence-corrected chi connectivity index (χ0v) is 18.9. The molecule has 1 N–H and O–H groups in total. The summed E-state index contributed by atoms with van der Waals surface area (Å²) < 4.78 is 4.36. The van der Waals surface area contributed by atoms with Crippen LogP contribution in [0.2, 0.25) is 0 Å². The average molecular weight is 403 g/mol. The summed E-state index contributed by atoms with van der Waals surface area (Å²) in [5, 5.41) is 21.3. The molecule has 134 valence electrons. The van der Waals surface area contributed by atoms with Crippen molar-refractivity contribution >= 4 is 29.4 Å². The third kappa shape index (κ3) is 3.39. The first-order valence-corrected chi connectivity index (χ1v) is 8.65. The number of carboxylic acids is 1. The second-order valence-electron chi connectivity index (χ2n) is 6.61. The van der Waals surface area contributed by atoms with Gasteiger partial charge in [-0.05, 0) is 26.0 Å². The zero-order chi connectivity index (χ0) is 18.5. The van der Waals surface area contributed by atoms with E-state index in [4.69, 9.17) is 4.74 Å². The number of aliphatic hydroxyl groups excluding tert-OH is 1. The standard InChI is InChI=1S/C17H19NO6S.K/c1-17(2)13(16(22)23)18-14(21)10(15(18)25-17)12(20)11(19)8-6-4-5-7-9(8)24-3;/h4-7,10,12-13,15,20H,1-3H3,(H,22,23);/q;+1/p-1/t10-,12-,13+,15-;/m1./s1. The van der Waals surface area contributed by atoms with Crippen molar-refractivity contribution in [3.05, 3.63) is 29.8 Å². The van der Waals surface area contributed by atoms with Gasteiger partial charge in [-0.25, -0.2) is 0 Å². The van der Waals surface area contributed by atoms with Gasteiger partial charge in [0, 0.05) is 4.75 Å². The predicted octanol–water partition coefficient (Wildman–Crippen LogP) is -3.33. The van der Waals surface area contributed by atoms with Gasteiger partial charge in [0.25, 0.3) is 0 Å². The molecule has 0 radical (unpaired) electrons. The minimum absolute atomic E-state index is 0. The number of hydrogen-bond acceptors (Lipinski definition) is 7. The average Bonchev–Trinajstić information content (AvgIpc) is 2.81. The number of amides is 1. The first-order chi connectivity index (χ1) is 11.7. The second-order valence-corrected chi connectivity index (χ2v) is 8.38. The van der Waals surface area contributed by atoms with E-state index in [1.165, 1.54) is 29.8 Å². The molecule has 9 heteroatoms. The topological polar surface area (TPSA) is 107 Å². The van der Waals surface area contributed by atoms with Gasteiger partial charge in [0.1, 0.15) is 17.8 Å². The number of rotatable bonds is 5. The summed E-state index contributed by atoms with van der Waals surface area (Å²) in [6.45, 7) is 3.41. The number of para-hydroxylation sites is 1. The summed E-state index contributed by atoms with van der Waals surface area (Å²) in [5.74, 6) is -3.18. The Bertz CT molecular complexity index is 755. The number of hydrogen-bond donors (Lipinski definition) is 1. The number of aliphatic hydroxyl groups is 1. The molecule has 2 aliphatic rings. The van der Waals surface area contributed by atoms with Crippen molar-refractivity contribution in [2.24, 2.45) is 5.92 Å². The van der Waals surface area contributed by atoms with Gasteiger partial charge in [-0.1, -0.05) is 12.1 Å². The quantitative estimate of drug-likeness (QED) is 0.311. The smallest absolute Gasteiger partial charge is 0.548 e. The van der Waals surface area contributed by atoms with Gasteiger partial charge in [-0.15, -0.1) is 11.8 Å². The first-order valence-electron chi connectivity index (χ1n) is 7.77. The van der Waals surface area contributed by atoms with Gasteiger partial charge in [-0.3, -0.25) is 9.59 Å². The molecule has 1 aromatic carbocycles. The van der Waals surface area contributed by atoms with Gasteiger partial charge in [-0.2, -0.15) is 0 Å². The number of carboxylic acid groups (broad SMARTS) is 1. The number of β-lactam (4-membered cyclic amide) rings is 1. The summed E-state index contributed by atoms with van der Waals surface area (Å²) in [4.78, 5) is 37.7. The van der Waals surface area contributed by atoms with Crippen LogP contribution in [0.1, 0.15) is 24.2 Å². The van der Waals surface area contributed by atoms with Crippen LogP contribution < -0.4 is 61.2 Å². The minimum atomic E-state index is -1.56. The van der Waals surface area contributed by atoms with Crippen LogP contribution in [0.5, 0.6) is 5.75 Å². The van der Waals surface area contributed by atoms with Crippen molar-refractivity contribution in [2.45, 2.75) is 36.1 Å². The molecule has 3 rings (SSSR count). The van der Waals surface area contributed by atoms with Crippen LogP contribution in [0.15, 0.2) is 24.3 Å². The van der Waals surface area contributed by atoms with Crippen LogP contribution in [0.25, 0.3) is 0 Å². The molecule has 0 spiro atoms. The summed E-state index contributed by atoms with van der Waals surface area (Å²) >= 11 is 1.26. The van der Waals surface area contributed by atoms with E-state index in [1.54, 1.807) is 32.0 Å². The molecule has 1 aromatic rings. The van der Waals surface area contributed by atoms with Gasteiger partial charge in [0.05, 0.1) is 30.1 Å². The molecule has 1 amide bonds. The number of ether oxygens (including phenoxy) is 1. The van der Waals surface area contributed by atoms with E-state index in [1.807, 2.05) is 0 Å². The van der Waals surface area contributed by atoms with E-state index >= 15 is 0 Å². The van der Waals surface area contributed by atoms with E-state index in [9.17, 15) is 24.6 Å². The number of fused-ring (bicyclic) bond motifs is 1. The van der Waals surface area contributed by atoms with Gasteiger partial charge in [0.2, 0.25) is 5.91 Å². The fourth-order valence-electron chi connectivity index (χ4n) is 3.48. The molecule has 2 heterocycles. The number of thioether (sulfide) groups is 1. The third-order valence-electron chi connectivity index (χ3n) is 4.69. The van der Waals surface area contributed by atoms with E-state index in [0.717, 1.165) is 0 Å². The Hall–Kier alpha value is -0.424. The van der Waals surface area contributed by atoms with Gasteiger partial charge < -0.3 is 24.6 Å². The SMILES string of the molecule is COc1ccccc1C(=O)[C@H](O)[C@@H]1C(=O)N2[C@@H]1SC(C)(C)[C@@H]2C(=O)[O-].[K+]. The summed E-state index contributed by atoms with van der Waals surface area (Å²) in [6, 6.07) is 5.35. The molecule has 4 atom stereocenters. The predicted molar refractivity (Wildman–Crippen MR) is 87.9 cm³/mol. The van der Waals surface area contributed by atoms with E-state index in [-0.39, 0.29) is 56.9 Å². The fourth-order valence-corrected chi connectivity index (χ4v) is 5.20. The summed E-state index contributed by atoms with van der Waals surface area (Å²) in [6.07, 6.45) is -1.56. The molecule has 2 fully saturated rings. The summed E-state index contributed by atoms with van der Waals surface area (Å²) in [7, 11) is 1.41. The van der Waals surface area contributed by atoms with Crippen LogP contribution in [0, 0.1) is 5.92 Å². The number of nitrogens with zero attached hydrogens (tertiary/aromatic N) is 1. The van der Waals surface area contributed by atoms with Crippen molar-refractivity contribution in [1.82, 2.24) is 4.90 Å². The molecule has 0 saturated carbocycles. The number of benzene rings is 1. The Balaban J connectivity index is 0.00000243. The van der Waals surface area contributed by atoms with Crippen LogP contribution >= 0.6 is 11.8 Å². The molecule has 2 saturated heterocycles. The molecular formula is C17H18KNO6S. The van der Waals surface area contributed by atoms with Crippen molar-refractivity contribution in [3.8, 4) is 5.75 Å². The van der Waals surface area contributed by atoms with Crippen LogP contribution in [0.4, 0.5) is 0 Å². The van der Waals surface area contributed by atoms with E-state index in [0.29, 0.717) is 5.75 Å². The van der Waals surface area contributed by atoms with Crippen molar-refractivity contribution in [1.29, 1.82) is 0 Å². The molecule has 0 aliphatic carbocycles. The number of methoxy groups -OCH3 is 1. The van der Waals surface area contributed by atoms with E-state index < -0.39 is 45.8 Å². The van der Waals surface area contributed by atoms with Crippen molar-refractivity contribution < 1.29 is 80.7 Å². The maximum absolute atomic E-state index is 12.6. The van der Waals surface area contributed by atoms with Gasteiger partial charge >= 0.3 is 51.4 Å². The molecule has 0 unspecified atom stereocenters. The molecule has 0 aromatic heterocycles. The normalized spacial score (nSPS) is 27.0. The maximum atomic E-state index is 12.6. The number of aliphatic carboxylic acids is 1. The Morgan fingerprint density at radius 1 is 1.35 bits per heavy atom. The monoisotopic (exact) mass is 403 g/mol. The fraction of sp³-hybridized carbons (Fsp3) is 0.471. The Kier molecular flexibility index (Phi) is 6.65. The minimum Gasteiger partial charge on any atom is -0.548 e. The number of carbonyl (C=O) groups is 3. The van der Waals surface area contributed by atoms with Crippen molar-refractivity contribution in [2.75, 3.05) is 7.11 Å². The Morgan fingerprint density at radius 3 is 2.54 bits per heavy atom. The van der Waals surface area contributed by atoms with Crippen LogP contribution in [0.3, 0.4) is 0 Å². The first kappa shape index (κ1) is 21.9. The molecule has 7 nitrogen and oxygen atoms in total. The zero-order valence-electron chi connectivity index (χ0n) is 15.0. The molecule has 0 bridgehead atoms. The Labute approximate surface area is 197 Å². The van der Waals surface area contributed by atoms with Crippen LogP contribution in [-0.4, -0.2) is 57.0 Å². The maximum Gasteiger partial charge on any atom is 1.00 e. The Morgan fingerprint density at radius 2 is 1.96 bits per heavy atom. The number of Topliss-reactive ketones (excluding diaryl/α,β-unsaturated/α-hetero) is 1. The van der Waals surface area contributed by atoms with Crippen LogP contribution in [-0.2, 0) is 9.59 Å². The molecule has 26 heavy (non-hydrogen) atoms. The number of carbonyl (C=O) groups excluding carboxylic acids is 3.